The van der Waals surface area contributed by atoms with Gasteiger partial charge >= 0.3 is 0 Å². The number of benzene rings is 1. The topological polar surface area (TPSA) is 73.0 Å². The highest BCUT2D eigenvalue weighted by atomic mass is 35.5. The maximum Gasteiger partial charge on any atom is 0.234 e. The highest BCUT2D eigenvalue weighted by Gasteiger charge is 2.31. The van der Waals surface area contributed by atoms with Crippen molar-refractivity contribution in [3.8, 4) is 0 Å². The summed E-state index contributed by atoms with van der Waals surface area (Å²) in [4.78, 5) is 40.7. The van der Waals surface area contributed by atoms with E-state index >= 15 is 0 Å². The summed E-state index contributed by atoms with van der Waals surface area (Å²) in [6.45, 7) is 1.99. The van der Waals surface area contributed by atoms with Gasteiger partial charge in [-0.2, -0.15) is 0 Å². The van der Waals surface area contributed by atoms with Crippen LogP contribution in [0.25, 0.3) is 0 Å². The molecule has 2 aliphatic heterocycles. The average Bonchev–Trinajstić information content (AvgIpc) is 2.74. The molecule has 0 saturated carbocycles. The largest absolute Gasteiger partial charge is 0.383 e. The van der Waals surface area contributed by atoms with Crippen molar-refractivity contribution in [2.24, 2.45) is 0 Å². The standard InChI is InChI=1S/C22H26ClFN4O3/c1-26(2)9-8-17(24)19(14-29)28-12-10-27(11-13-28)18-5-3-4-15(21(18)23)16-6-7-20(30)25-22(16)31/h3-5,8-9,14,16H,6-7,10-13H2,1-2H3,(H,25,30,31)/b9-8-,19-17-. The highest BCUT2D eigenvalue weighted by molar-refractivity contribution is 6.34. The van der Waals surface area contributed by atoms with E-state index in [9.17, 15) is 18.8 Å². The second-order valence-corrected chi connectivity index (χ2v) is 8.17. The van der Waals surface area contributed by atoms with Crippen LogP contribution in [0, 0.1) is 0 Å². The molecule has 7 nitrogen and oxygen atoms in total. The third kappa shape index (κ3) is 5.25. The van der Waals surface area contributed by atoms with E-state index in [1.165, 1.54) is 6.08 Å². The molecule has 2 heterocycles. The number of aldehydes is 1. The Bertz CT molecular complexity index is 923. The van der Waals surface area contributed by atoms with Crippen LogP contribution in [0.5, 0.6) is 0 Å². The second kappa shape index (κ2) is 9.96. The molecule has 0 spiro atoms. The lowest BCUT2D eigenvalue weighted by Gasteiger charge is -2.38. The van der Waals surface area contributed by atoms with E-state index < -0.39 is 11.7 Å². The van der Waals surface area contributed by atoms with Gasteiger partial charge in [-0.1, -0.05) is 23.7 Å². The molecule has 9 heteroatoms. The van der Waals surface area contributed by atoms with Crippen LogP contribution < -0.4 is 10.2 Å². The Morgan fingerprint density at radius 1 is 1.23 bits per heavy atom. The van der Waals surface area contributed by atoms with Gasteiger partial charge in [0.25, 0.3) is 0 Å². The van der Waals surface area contributed by atoms with Crippen LogP contribution in [0.1, 0.15) is 24.3 Å². The van der Waals surface area contributed by atoms with Gasteiger partial charge in [-0.15, -0.1) is 0 Å². The number of amides is 2. The van der Waals surface area contributed by atoms with E-state index in [-0.39, 0.29) is 23.9 Å². The van der Waals surface area contributed by atoms with E-state index in [2.05, 4.69) is 10.2 Å². The summed E-state index contributed by atoms with van der Waals surface area (Å²) < 4.78 is 14.4. The number of hydrogen-bond donors (Lipinski definition) is 1. The third-order valence-corrected chi connectivity index (χ3v) is 5.87. The molecule has 1 unspecified atom stereocenters. The van der Waals surface area contributed by atoms with Crippen molar-refractivity contribution < 1.29 is 18.8 Å². The Labute approximate surface area is 186 Å². The zero-order chi connectivity index (χ0) is 22.5. The Balaban J connectivity index is 1.74. The summed E-state index contributed by atoms with van der Waals surface area (Å²) in [5, 5.41) is 2.85. The molecule has 2 amide bonds. The number of piperidine rings is 1. The van der Waals surface area contributed by atoms with Crippen molar-refractivity contribution in [3.05, 3.63) is 52.6 Å². The summed E-state index contributed by atoms with van der Waals surface area (Å²) in [6.07, 6.45) is 4.08. The first kappa shape index (κ1) is 22.8. The molecule has 3 rings (SSSR count). The summed E-state index contributed by atoms with van der Waals surface area (Å²) in [5.41, 5.74) is 1.51. The van der Waals surface area contributed by atoms with Crippen molar-refractivity contribution in [3.63, 3.8) is 0 Å². The van der Waals surface area contributed by atoms with Gasteiger partial charge in [0.2, 0.25) is 11.8 Å². The zero-order valence-corrected chi connectivity index (χ0v) is 18.4. The van der Waals surface area contributed by atoms with Gasteiger partial charge in [-0.25, -0.2) is 4.39 Å². The van der Waals surface area contributed by atoms with Crippen LogP contribution in [-0.4, -0.2) is 68.2 Å². The average molecular weight is 449 g/mol. The molecular weight excluding hydrogens is 423 g/mol. The fourth-order valence-electron chi connectivity index (χ4n) is 3.81. The lowest BCUT2D eigenvalue weighted by Crippen LogP contribution is -2.46. The summed E-state index contributed by atoms with van der Waals surface area (Å²) >= 11 is 6.67. The van der Waals surface area contributed by atoms with Gasteiger partial charge in [0.05, 0.1) is 16.6 Å². The van der Waals surface area contributed by atoms with Crippen LogP contribution >= 0.6 is 11.6 Å². The third-order valence-electron chi connectivity index (χ3n) is 5.46. The maximum atomic E-state index is 14.4. The molecule has 2 fully saturated rings. The van der Waals surface area contributed by atoms with Crippen molar-refractivity contribution in [1.82, 2.24) is 15.1 Å². The van der Waals surface area contributed by atoms with Crippen molar-refractivity contribution in [1.29, 1.82) is 0 Å². The van der Waals surface area contributed by atoms with E-state index in [0.29, 0.717) is 49.5 Å². The highest BCUT2D eigenvalue weighted by Crippen LogP contribution is 2.37. The molecular formula is C22H26ClFN4O3. The smallest absolute Gasteiger partial charge is 0.234 e. The van der Waals surface area contributed by atoms with Gasteiger partial charge < -0.3 is 14.7 Å². The minimum absolute atomic E-state index is 0.0288. The second-order valence-electron chi connectivity index (χ2n) is 7.79. The number of allylic oxidation sites excluding steroid dienone is 3. The Kier molecular flexibility index (Phi) is 7.33. The van der Waals surface area contributed by atoms with E-state index in [0.717, 1.165) is 5.69 Å². The first-order chi connectivity index (χ1) is 14.8. The van der Waals surface area contributed by atoms with Crippen molar-refractivity contribution in [2.45, 2.75) is 18.8 Å². The number of halogens is 2. The fourth-order valence-corrected chi connectivity index (χ4v) is 4.19. The number of carbonyl (C=O) groups is 3. The lowest BCUT2D eigenvalue weighted by molar-refractivity contribution is -0.134. The first-order valence-corrected chi connectivity index (χ1v) is 10.5. The van der Waals surface area contributed by atoms with E-state index in [1.807, 2.05) is 18.2 Å². The molecule has 1 aromatic carbocycles. The van der Waals surface area contributed by atoms with Crippen LogP contribution in [0.2, 0.25) is 5.02 Å². The van der Waals surface area contributed by atoms with Crippen LogP contribution in [0.4, 0.5) is 10.1 Å². The molecule has 1 N–H and O–H groups in total. The van der Waals surface area contributed by atoms with Crippen LogP contribution in [0.3, 0.4) is 0 Å². The molecule has 1 aromatic rings. The predicted molar refractivity (Wildman–Crippen MR) is 117 cm³/mol. The molecule has 0 radical (unpaired) electrons. The first-order valence-electron chi connectivity index (χ1n) is 10.1. The molecule has 2 aliphatic rings. The Hall–Kier alpha value is -2.87. The van der Waals surface area contributed by atoms with Gasteiger partial charge in [-0.3, -0.25) is 19.7 Å². The van der Waals surface area contributed by atoms with Crippen LogP contribution in [-0.2, 0) is 14.4 Å². The quantitative estimate of drug-likeness (QED) is 0.312. The summed E-state index contributed by atoms with van der Waals surface area (Å²) in [5.74, 6) is -1.64. The monoisotopic (exact) mass is 448 g/mol. The number of imide groups is 1. The minimum Gasteiger partial charge on any atom is -0.383 e. The van der Waals surface area contributed by atoms with E-state index in [1.54, 1.807) is 30.1 Å². The lowest BCUT2D eigenvalue weighted by atomic mass is 9.90. The van der Waals surface area contributed by atoms with Gasteiger partial charge in [0.15, 0.2) is 12.1 Å². The minimum atomic E-state index is -0.574. The molecule has 166 valence electrons. The van der Waals surface area contributed by atoms with Crippen LogP contribution in [0.15, 0.2) is 42.0 Å². The number of nitrogens with zero attached hydrogens (tertiary/aromatic N) is 3. The maximum absolute atomic E-state index is 14.4. The Morgan fingerprint density at radius 3 is 2.55 bits per heavy atom. The predicted octanol–water partition coefficient (Wildman–Crippen LogP) is 2.44. The van der Waals surface area contributed by atoms with Gasteiger partial charge in [-0.05, 0) is 24.1 Å². The molecule has 0 bridgehead atoms. The molecule has 1 atom stereocenters. The fraction of sp³-hybridized carbons (Fsp3) is 0.409. The van der Waals surface area contributed by atoms with E-state index in [4.69, 9.17) is 11.6 Å². The number of rotatable bonds is 6. The van der Waals surface area contributed by atoms with Gasteiger partial charge in [0, 0.05) is 52.9 Å². The summed E-state index contributed by atoms with van der Waals surface area (Å²) in [6, 6.07) is 5.53. The van der Waals surface area contributed by atoms with Gasteiger partial charge in [0.1, 0.15) is 5.70 Å². The number of anilines is 1. The molecule has 2 saturated heterocycles. The zero-order valence-electron chi connectivity index (χ0n) is 17.6. The normalized spacial score (nSPS) is 20.6. The molecule has 0 aliphatic carbocycles. The summed E-state index contributed by atoms with van der Waals surface area (Å²) in [7, 11) is 3.55. The SMILES string of the molecule is CN(C)/C=C\C(F)=C(/C=O)N1CCN(c2cccc(C3CCC(=O)NC3=O)c2Cl)CC1. The Morgan fingerprint density at radius 2 is 1.94 bits per heavy atom. The molecule has 31 heavy (non-hydrogen) atoms. The van der Waals surface area contributed by atoms with Crippen molar-refractivity contribution >= 4 is 35.4 Å². The number of nitrogens with one attached hydrogen (secondary N) is 1. The van der Waals surface area contributed by atoms with Crippen molar-refractivity contribution in [2.75, 3.05) is 45.2 Å². The molecule has 0 aromatic heterocycles. The number of hydrogen-bond acceptors (Lipinski definition) is 6. The number of piperazine rings is 1. The number of carbonyl (C=O) groups excluding carboxylic acids is 3.